The van der Waals surface area contributed by atoms with Crippen molar-refractivity contribution < 1.29 is 22.7 Å². The number of nitrogens with one attached hydrogen (secondary N) is 2. The summed E-state index contributed by atoms with van der Waals surface area (Å²) in [6.07, 6.45) is 0.112. The molecule has 8 heteroatoms. The zero-order valence-corrected chi connectivity index (χ0v) is 14.4. The van der Waals surface area contributed by atoms with Gasteiger partial charge in [-0.3, -0.25) is 4.72 Å². The molecule has 2 aromatic carbocycles. The number of alkyl carbamates (subject to hydrolysis) is 1. The van der Waals surface area contributed by atoms with E-state index in [1.165, 1.54) is 0 Å². The summed E-state index contributed by atoms with van der Waals surface area (Å²) in [4.78, 5) is 11.2. The Bertz CT molecular complexity index is 868. The van der Waals surface area contributed by atoms with Crippen LogP contribution < -0.4 is 14.8 Å². The van der Waals surface area contributed by atoms with Crippen LogP contribution in [0.2, 0.25) is 0 Å². The van der Waals surface area contributed by atoms with Gasteiger partial charge in [0.25, 0.3) is 0 Å². The molecule has 1 fully saturated rings. The third-order valence-corrected chi connectivity index (χ3v) is 4.18. The molecule has 7 nitrogen and oxygen atoms in total. The van der Waals surface area contributed by atoms with Gasteiger partial charge in [0.05, 0.1) is 18.5 Å². The van der Waals surface area contributed by atoms with E-state index in [0.717, 1.165) is 11.8 Å². The SMILES string of the molecule is CS(=O)(=O)Nc1cc(C2CNC(=O)O2)ccc1OCc1ccccc1. The van der Waals surface area contributed by atoms with E-state index < -0.39 is 22.2 Å². The van der Waals surface area contributed by atoms with Crippen LogP contribution in [0.3, 0.4) is 0 Å². The van der Waals surface area contributed by atoms with Gasteiger partial charge in [-0.05, 0) is 23.3 Å². The van der Waals surface area contributed by atoms with Crippen LogP contribution in [0.4, 0.5) is 10.5 Å². The van der Waals surface area contributed by atoms with Crippen LogP contribution in [0.25, 0.3) is 0 Å². The number of carbonyl (C=O) groups excluding carboxylic acids is 1. The van der Waals surface area contributed by atoms with Gasteiger partial charge in [-0.25, -0.2) is 13.2 Å². The molecule has 3 rings (SSSR count). The second-order valence-electron chi connectivity index (χ2n) is 5.68. The number of sulfonamides is 1. The Morgan fingerprint density at radius 3 is 2.64 bits per heavy atom. The van der Waals surface area contributed by atoms with Gasteiger partial charge in [0, 0.05) is 0 Å². The first-order chi connectivity index (χ1) is 11.9. The molecule has 25 heavy (non-hydrogen) atoms. The van der Waals surface area contributed by atoms with E-state index in [0.29, 0.717) is 30.2 Å². The molecule has 1 saturated heterocycles. The van der Waals surface area contributed by atoms with Crippen LogP contribution >= 0.6 is 0 Å². The van der Waals surface area contributed by atoms with Crippen LogP contribution in [0.15, 0.2) is 48.5 Å². The smallest absolute Gasteiger partial charge is 0.407 e. The Morgan fingerprint density at radius 1 is 1.24 bits per heavy atom. The lowest BCUT2D eigenvalue weighted by molar-refractivity contribution is 0.141. The molecule has 0 aromatic heterocycles. The van der Waals surface area contributed by atoms with Crippen molar-refractivity contribution in [2.24, 2.45) is 0 Å². The minimum atomic E-state index is -3.49. The lowest BCUT2D eigenvalue weighted by Gasteiger charge is -2.16. The predicted octanol–water partition coefficient (Wildman–Crippen LogP) is 2.42. The monoisotopic (exact) mass is 362 g/mol. The van der Waals surface area contributed by atoms with Crippen LogP contribution in [0.5, 0.6) is 5.75 Å². The first-order valence-corrected chi connectivity index (χ1v) is 9.53. The molecule has 0 bridgehead atoms. The Labute approximate surface area is 146 Å². The van der Waals surface area contributed by atoms with Crippen LogP contribution in [-0.4, -0.2) is 27.3 Å². The highest BCUT2D eigenvalue weighted by Gasteiger charge is 2.25. The fourth-order valence-corrected chi connectivity index (χ4v) is 3.02. The first-order valence-electron chi connectivity index (χ1n) is 7.64. The molecule has 1 heterocycles. The lowest BCUT2D eigenvalue weighted by Crippen LogP contribution is -2.13. The Balaban J connectivity index is 1.84. The Morgan fingerprint density at radius 2 is 2.00 bits per heavy atom. The van der Waals surface area contributed by atoms with E-state index in [1.807, 2.05) is 30.3 Å². The number of benzene rings is 2. The quantitative estimate of drug-likeness (QED) is 0.823. The fourth-order valence-electron chi connectivity index (χ4n) is 2.46. The molecule has 1 amide bonds. The maximum absolute atomic E-state index is 11.6. The average molecular weight is 362 g/mol. The third kappa shape index (κ3) is 4.63. The summed E-state index contributed by atoms with van der Waals surface area (Å²) in [7, 11) is -3.49. The molecule has 1 atom stereocenters. The molecule has 132 valence electrons. The van der Waals surface area contributed by atoms with E-state index in [9.17, 15) is 13.2 Å². The molecule has 2 aromatic rings. The first kappa shape index (κ1) is 17.1. The molecule has 0 radical (unpaired) electrons. The van der Waals surface area contributed by atoms with E-state index in [2.05, 4.69) is 10.0 Å². The number of rotatable bonds is 6. The second-order valence-corrected chi connectivity index (χ2v) is 7.43. The van der Waals surface area contributed by atoms with E-state index in [1.54, 1.807) is 18.2 Å². The van der Waals surface area contributed by atoms with E-state index in [-0.39, 0.29) is 0 Å². The molecule has 1 aliphatic heterocycles. The minimum absolute atomic E-state index is 0.304. The van der Waals surface area contributed by atoms with Gasteiger partial charge in [-0.15, -0.1) is 0 Å². The number of hydrogen-bond donors (Lipinski definition) is 2. The second kappa shape index (κ2) is 7.02. The van der Waals surface area contributed by atoms with Crippen molar-refractivity contribution in [3.8, 4) is 5.75 Å². The summed E-state index contributed by atoms with van der Waals surface area (Å²) >= 11 is 0. The molecule has 0 saturated carbocycles. The van der Waals surface area contributed by atoms with Gasteiger partial charge >= 0.3 is 6.09 Å². The van der Waals surface area contributed by atoms with Gasteiger partial charge in [-0.2, -0.15) is 0 Å². The molecular weight excluding hydrogens is 344 g/mol. The standard InChI is InChI=1S/C17H18N2O5S/c1-25(21,22)19-14-9-13(16-10-18-17(20)24-16)7-8-15(14)23-11-12-5-3-2-4-6-12/h2-9,16,19H,10-11H2,1H3,(H,18,20). The fraction of sp³-hybridized carbons (Fsp3) is 0.235. The Hall–Kier alpha value is -2.74. The van der Waals surface area contributed by atoms with Crippen molar-refractivity contribution >= 4 is 21.8 Å². The zero-order chi connectivity index (χ0) is 17.9. The minimum Gasteiger partial charge on any atom is -0.487 e. The van der Waals surface area contributed by atoms with Crippen LogP contribution in [-0.2, 0) is 21.4 Å². The van der Waals surface area contributed by atoms with Crippen molar-refractivity contribution in [1.29, 1.82) is 0 Å². The summed E-state index contributed by atoms with van der Waals surface area (Å²) in [5.41, 5.74) is 1.95. The van der Waals surface area contributed by atoms with Crippen molar-refractivity contribution in [2.75, 3.05) is 17.5 Å². The highest BCUT2D eigenvalue weighted by atomic mass is 32.2. The normalized spacial score (nSPS) is 16.8. The van der Waals surface area contributed by atoms with E-state index in [4.69, 9.17) is 9.47 Å². The molecule has 1 unspecified atom stereocenters. The van der Waals surface area contributed by atoms with Crippen molar-refractivity contribution in [1.82, 2.24) is 5.32 Å². The topological polar surface area (TPSA) is 93.7 Å². The molecule has 0 spiro atoms. The average Bonchev–Trinajstić information content (AvgIpc) is 3.00. The van der Waals surface area contributed by atoms with Crippen LogP contribution in [0.1, 0.15) is 17.2 Å². The largest absolute Gasteiger partial charge is 0.487 e. The predicted molar refractivity (Wildman–Crippen MR) is 92.9 cm³/mol. The highest BCUT2D eigenvalue weighted by molar-refractivity contribution is 7.92. The van der Waals surface area contributed by atoms with Gasteiger partial charge in [0.15, 0.2) is 0 Å². The van der Waals surface area contributed by atoms with Gasteiger partial charge in [0.2, 0.25) is 10.0 Å². The molecule has 2 N–H and O–H groups in total. The van der Waals surface area contributed by atoms with Crippen LogP contribution in [0, 0.1) is 0 Å². The lowest BCUT2D eigenvalue weighted by atomic mass is 10.1. The summed E-state index contributed by atoms with van der Waals surface area (Å²) in [5.74, 6) is 0.398. The third-order valence-electron chi connectivity index (χ3n) is 3.59. The maximum Gasteiger partial charge on any atom is 0.407 e. The van der Waals surface area contributed by atoms with Crippen molar-refractivity contribution in [3.05, 3.63) is 59.7 Å². The summed E-state index contributed by atoms with van der Waals surface area (Å²) in [5, 5.41) is 2.57. The molecule has 1 aliphatic rings. The van der Waals surface area contributed by atoms with Crippen molar-refractivity contribution in [3.63, 3.8) is 0 Å². The van der Waals surface area contributed by atoms with Crippen molar-refractivity contribution in [2.45, 2.75) is 12.7 Å². The van der Waals surface area contributed by atoms with E-state index >= 15 is 0 Å². The highest BCUT2D eigenvalue weighted by Crippen LogP contribution is 2.31. The number of anilines is 1. The summed E-state index contributed by atoms with van der Waals surface area (Å²) in [6.45, 7) is 0.639. The maximum atomic E-state index is 11.6. The summed E-state index contributed by atoms with van der Waals surface area (Å²) < 4.78 is 36.6. The molecule has 0 aliphatic carbocycles. The Kier molecular flexibility index (Phi) is 4.80. The van der Waals surface area contributed by atoms with Gasteiger partial charge < -0.3 is 14.8 Å². The zero-order valence-electron chi connectivity index (χ0n) is 13.6. The molecular formula is C17H18N2O5S. The number of carbonyl (C=O) groups is 1. The van der Waals surface area contributed by atoms with Gasteiger partial charge in [-0.1, -0.05) is 36.4 Å². The summed E-state index contributed by atoms with van der Waals surface area (Å²) in [6, 6.07) is 14.6. The number of amides is 1. The van der Waals surface area contributed by atoms with Gasteiger partial charge in [0.1, 0.15) is 18.5 Å². The number of ether oxygens (including phenoxy) is 2. The number of hydrogen-bond acceptors (Lipinski definition) is 5. The number of cyclic esters (lactones) is 1.